The van der Waals surface area contributed by atoms with Gasteiger partial charge in [-0.05, 0) is 13.8 Å². The van der Waals surface area contributed by atoms with Gasteiger partial charge < -0.3 is 9.88 Å². The van der Waals surface area contributed by atoms with Gasteiger partial charge in [-0.15, -0.1) is 12.3 Å². The van der Waals surface area contributed by atoms with Crippen molar-refractivity contribution in [1.29, 1.82) is 0 Å². The lowest BCUT2D eigenvalue weighted by molar-refractivity contribution is 0.734. The molecule has 1 atom stereocenters. The largest absolute Gasteiger partial charge is 0.352 e. The van der Waals surface area contributed by atoms with Crippen molar-refractivity contribution in [1.82, 2.24) is 9.55 Å². The predicted octanol–water partition coefficient (Wildman–Crippen LogP) is 1.73. The Labute approximate surface area is 79.2 Å². The number of hydrogen-bond donors (Lipinski definition) is 1. The minimum atomic E-state index is 0.276. The zero-order valence-corrected chi connectivity index (χ0v) is 8.12. The van der Waals surface area contributed by atoms with Crippen LogP contribution < -0.4 is 5.32 Å². The molecule has 0 aliphatic rings. The maximum Gasteiger partial charge on any atom is 0.202 e. The fourth-order valence-electron chi connectivity index (χ4n) is 1.15. The molecule has 1 aromatic rings. The topological polar surface area (TPSA) is 29.9 Å². The molecule has 1 unspecified atom stereocenters. The molecule has 0 aliphatic heterocycles. The quantitative estimate of drug-likeness (QED) is 0.710. The number of hydrogen-bond acceptors (Lipinski definition) is 2. The molecule has 0 saturated carbocycles. The van der Waals surface area contributed by atoms with Crippen LogP contribution in [0.1, 0.15) is 20.3 Å². The number of rotatable bonds is 4. The summed E-state index contributed by atoms with van der Waals surface area (Å²) in [5.41, 5.74) is 0. The lowest BCUT2D eigenvalue weighted by Gasteiger charge is -2.12. The van der Waals surface area contributed by atoms with Crippen molar-refractivity contribution in [3.05, 3.63) is 12.4 Å². The SMILES string of the molecule is C#CCC(C)Nc1nccn1CC. The molecule has 1 N–H and O–H groups in total. The molecule has 0 aliphatic carbocycles. The van der Waals surface area contributed by atoms with Crippen LogP contribution in [0.4, 0.5) is 5.95 Å². The van der Waals surface area contributed by atoms with Gasteiger partial charge in [-0.25, -0.2) is 4.98 Å². The van der Waals surface area contributed by atoms with E-state index in [1.165, 1.54) is 0 Å². The van der Waals surface area contributed by atoms with Crippen LogP contribution in [0, 0.1) is 12.3 Å². The highest BCUT2D eigenvalue weighted by atomic mass is 15.2. The van der Waals surface area contributed by atoms with Gasteiger partial charge in [-0.2, -0.15) is 0 Å². The molecular formula is C10H15N3. The third-order valence-electron chi connectivity index (χ3n) is 1.86. The van der Waals surface area contributed by atoms with Gasteiger partial charge in [0.1, 0.15) is 0 Å². The van der Waals surface area contributed by atoms with E-state index in [-0.39, 0.29) is 6.04 Å². The molecule has 70 valence electrons. The van der Waals surface area contributed by atoms with Crippen molar-refractivity contribution >= 4 is 5.95 Å². The normalized spacial score (nSPS) is 12.1. The number of aryl methyl sites for hydroxylation is 1. The van der Waals surface area contributed by atoms with Crippen molar-refractivity contribution in [3.63, 3.8) is 0 Å². The molecule has 0 spiro atoms. The van der Waals surface area contributed by atoms with E-state index in [1.54, 1.807) is 6.20 Å². The average Bonchev–Trinajstić information content (AvgIpc) is 2.52. The highest BCUT2D eigenvalue weighted by molar-refractivity contribution is 5.27. The van der Waals surface area contributed by atoms with Crippen LogP contribution in [0.2, 0.25) is 0 Å². The van der Waals surface area contributed by atoms with Crippen LogP contribution in [0.3, 0.4) is 0 Å². The van der Waals surface area contributed by atoms with Gasteiger partial charge in [0.25, 0.3) is 0 Å². The summed E-state index contributed by atoms with van der Waals surface area (Å²) >= 11 is 0. The van der Waals surface area contributed by atoms with Crippen molar-refractivity contribution in [2.45, 2.75) is 32.9 Å². The summed E-state index contributed by atoms with van der Waals surface area (Å²) < 4.78 is 2.05. The zero-order chi connectivity index (χ0) is 9.68. The van der Waals surface area contributed by atoms with Crippen LogP contribution >= 0.6 is 0 Å². The molecule has 3 nitrogen and oxygen atoms in total. The Morgan fingerprint density at radius 2 is 2.54 bits per heavy atom. The number of nitrogens with zero attached hydrogens (tertiary/aromatic N) is 2. The number of imidazole rings is 1. The molecule has 1 rings (SSSR count). The maximum absolute atomic E-state index is 5.21. The molecule has 0 fully saturated rings. The van der Waals surface area contributed by atoms with Crippen molar-refractivity contribution in [2.75, 3.05) is 5.32 Å². The predicted molar refractivity (Wildman–Crippen MR) is 54.4 cm³/mol. The summed E-state index contributed by atoms with van der Waals surface area (Å²) in [6, 6.07) is 0.276. The van der Waals surface area contributed by atoms with Gasteiger partial charge in [0.15, 0.2) is 0 Å². The lowest BCUT2D eigenvalue weighted by Crippen LogP contribution is -2.17. The third-order valence-corrected chi connectivity index (χ3v) is 1.86. The molecule has 0 radical (unpaired) electrons. The van der Waals surface area contributed by atoms with E-state index < -0.39 is 0 Å². The second kappa shape index (κ2) is 4.56. The molecule has 1 heterocycles. The average molecular weight is 177 g/mol. The number of aromatic nitrogens is 2. The summed E-state index contributed by atoms with van der Waals surface area (Å²) in [5, 5.41) is 3.25. The van der Waals surface area contributed by atoms with Gasteiger partial charge in [-0.1, -0.05) is 0 Å². The first-order valence-corrected chi connectivity index (χ1v) is 4.49. The molecular weight excluding hydrogens is 162 g/mol. The Hall–Kier alpha value is -1.43. The van der Waals surface area contributed by atoms with Crippen LogP contribution in [-0.4, -0.2) is 15.6 Å². The fourth-order valence-corrected chi connectivity index (χ4v) is 1.15. The summed E-state index contributed by atoms with van der Waals surface area (Å²) in [5.74, 6) is 3.51. The van der Waals surface area contributed by atoms with Crippen molar-refractivity contribution in [3.8, 4) is 12.3 Å². The van der Waals surface area contributed by atoms with Crippen LogP contribution in [0.25, 0.3) is 0 Å². The van der Waals surface area contributed by atoms with Gasteiger partial charge in [0.05, 0.1) is 0 Å². The molecule has 13 heavy (non-hydrogen) atoms. The first-order chi connectivity index (χ1) is 6.27. The first kappa shape index (κ1) is 9.66. The summed E-state index contributed by atoms with van der Waals surface area (Å²) in [4.78, 5) is 4.19. The molecule has 0 amide bonds. The first-order valence-electron chi connectivity index (χ1n) is 4.49. The van der Waals surface area contributed by atoms with Crippen LogP contribution in [0.15, 0.2) is 12.4 Å². The fraction of sp³-hybridized carbons (Fsp3) is 0.500. The Bertz CT molecular complexity index is 295. The van der Waals surface area contributed by atoms with Gasteiger partial charge in [-0.3, -0.25) is 0 Å². The Balaban J connectivity index is 2.58. The number of nitrogens with one attached hydrogen (secondary N) is 1. The van der Waals surface area contributed by atoms with E-state index in [1.807, 2.05) is 10.8 Å². The van der Waals surface area contributed by atoms with Gasteiger partial charge >= 0.3 is 0 Å². The Morgan fingerprint density at radius 3 is 3.15 bits per heavy atom. The van der Waals surface area contributed by atoms with Crippen molar-refractivity contribution < 1.29 is 0 Å². The molecule has 1 aromatic heterocycles. The van der Waals surface area contributed by atoms with Gasteiger partial charge in [0.2, 0.25) is 5.95 Å². The minimum Gasteiger partial charge on any atom is -0.352 e. The van der Waals surface area contributed by atoms with E-state index >= 15 is 0 Å². The van der Waals surface area contributed by atoms with Crippen molar-refractivity contribution in [2.24, 2.45) is 0 Å². The second-order valence-corrected chi connectivity index (χ2v) is 2.99. The van der Waals surface area contributed by atoms with E-state index in [0.717, 1.165) is 18.9 Å². The van der Waals surface area contributed by atoms with E-state index in [0.29, 0.717) is 0 Å². The number of anilines is 1. The maximum atomic E-state index is 5.21. The highest BCUT2D eigenvalue weighted by Gasteiger charge is 2.03. The minimum absolute atomic E-state index is 0.276. The smallest absolute Gasteiger partial charge is 0.202 e. The van der Waals surface area contributed by atoms with E-state index in [4.69, 9.17) is 6.42 Å². The van der Waals surface area contributed by atoms with Crippen LogP contribution in [0.5, 0.6) is 0 Å². The van der Waals surface area contributed by atoms with E-state index in [2.05, 4.69) is 30.1 Å². The Morgan fingerprint density at radius 1 is 1.77 bits per heavy atom. The monoisotopic (exact) mass is 177 g/mol. The number of terminal acetylenes is 1. The second-order valence-electron chi connectivity index (χ2n) is 2.99. The molecule has 0 bridgehead atoms. The standard InChI is InChI=1S/C10H15N3/c1-4-6-9(3)12-10-11-7-8-13(10)5-2/h1,7-9H,5-6H2,2-3H3,(H,11,12). The zero-order valence-electron chi connectivity index (χ0n) is 8.12. The third kappa shape index (κ3) is 2.51. The van der Waals surface area contributed by atoms with Gasteiger partial charge in [0, 0.05) is 31.4 Å². The molecule has 0 aromatic carbocycles. The summed E-state index contributed by atoms with van der Waals surface area (Å²) in [6.45, 7) is 5.05. The van der Waals surface area contributed by atoms with Crippen LogP contribution in [-0.2, 0) is 6.54 Å². The summed E-state index contributed by atoms with van der Waals surface area (Å²) in [7, 11) is 0. The van der Waals surface area contributed by atoms with E-state index in [9.17, 15) is 0 Å². The Kier molecular flexibility index (Phi) is 3.39. The highest BCUT2D eigenvalue weighted by Crippen LogP contribution is 2.06. The molecule has 0 saturated heterocycles. The molecule has 3 heteroatoms. The summed E-state index contributed by atoms with van der Waals surface area (Å²) in [6.07, 6.45) is 9.67. The lowest BCUT2D eigenvalue weighted by atomic mass is 10.2.